The van der Waals surface area contributed by atoms with Crippen LogP contribution < -0.4 is 0 Å². The number of imidazole rings is 1. The number of nitrogens with zero attached hydrogens (tertiary/aromatic N) is 2. The molecule has 0 atom stereocenters. The Morgan fingerprint density at radius 2 is 1.76 bits per heavy atom. The van der Waals surface area contributed by atoms with Gasteiger partial charge in [0.1, 0.15) is 16.4 Å². The fourth-order valence-electron chi connectivity index (χ4n) is 2.24. The van der Waals surface area contributed by atoms with E-state index >= 15 is 0 Å². The lowest BCUT2D eigenvalue weighted by Crippen LogP contribution is -1.85. The molecule has 21 heavy (non-hydrogen) atoms. The predicted octanol–water partition coefficient (Wildman–Crippen LogP) is 5.21. The third-order valence-corrected chi connectivity index (χ3v) is 5.17. The molecule has 4 rings (SSSR count). The van der Waals surface area contributed by atoms with Crippen LogP contribution >= 0.6 is 23.1 Å². The first-order valence-corrected chi connectivity index (χ1v) is 8.35. The quantitative estimate of drug-likeness (QED) is 0.516. The maximum absolute atomic E-state index is 4.80. The van der Waals surface area contributed by atoms with Crippen molar-refractivity contribution in [3.8, 4) is 10.6 Å². The summed E-state index contributed by atoms with van der Waals surface area (Å²) in [5.41, 5.74) is 2.05. The van der Waals surface area contributed by atoms with Gasteiger partial charge in [-0.2, -0.15) is 0 Å². The molecular formula is C17H12N2S2. The van der Waals surface area contributed by atoms with Crippen LogP contribution in [0, 0.1) is 0 Å². The van der Waals surface area contributed by atoms with Crippen molar-refractivity contribution in [1.29, 1.82) is 0 Å². The zero-order valence-electron chi connectivity index (χ0n) is 11.1. The van der Waals surface area contributed by atoms with Crippen LogP contribution in [0.4, 0.5) is 0 Å². The molecule has 0 saturated carbocycles. The molecule has 0 unspecified atom stereocenters. The van der Waals surface area contributed by atoms with E-state index in [0.717, 1.165) is 11.3 Å². The lowest BCUT2D eigenvalue weighted by molar-refractivity contribution is 1.05. The van der Waals surface area contributed by atoms with Gasteiger partial charge in [-0.25, -0.2) is 4.98 Å². The fourth-order valence-corrected chi connectivity index (χ4v) is 4.05. The minimum Gasteiger partial charge on any atom is -0.294 e. The Kier molecular flexibility index (Phi) is 3.25. The van der Waals surface area contributed by atoms with Crippen molar-refractivity contribution in [2.24, 2.45) is 0 Å². The summed E-state index contributed by atoms with van der Waals surface area (Å²) in [6, 6.07) is 20.7. The van der Waals surface area contributed by atoms with Crippen LogP contribution in [-0.2, 0) is 0 Å². The van der Waals surface area contributed by atoms with E-state index in [1.807, 2.05) is 24.3 Å². The van der Waals surface area contributed by atoms with Gasteiger partial charge in [0.05, 0.1) is 4.88 Å². The topological polar surface area (TPSA) is 17.3 Å². The molecule has 4 aromatic rings. The lowest BCUT2D eigenvalue weighted by Gasteiger charge is -2.03. The monoisotopic (exact) mass is 308 g/mol. The summed E-state index contributed by atoms with van der Waals surface area (Å²) in [6.07, 6.45) is 2.07. The van der Waals surface area contributed by atoms with E-state index in [0.29, 0.717) is 0 Å². The number of hydrogen-bond acceptors (Lipinski definition) is 3. The van der Waals surface area contributed by atoms with Gasteiger partial charge in [0.2, 0.25) is 0 Å². The van der Waals surface area contributed by atoms with Gasteiger partial charge >= 0.3 is 0 Å². The highest BCUT2D eigenvalue weighted by Crippen LogP contribution is 2.37. The van der Waals surface area contributed by atoms with Crippen molar-refractivity contribution in [1.82, 2.24) is 9.38 Å². The molecule has 0 radical (unpaired) electrons. The molecule has 0 saturated heterocycles. The summed E-state index contributed by atoms with van der Waals surface area (Å²) in [5.74, 6) is 0. The molecule has 2 nitrogen and oxygen atoms in total. The van der Waals surface area contributed by atoms with Gasteiger partial charge in [0.25, 0.3) is 0 Å². The number of pyridine rings is 1. The summed E-state index contributed by atoms with van der Waals surface area (Å²) in [4.78, 5) is 7.23. The number of hydrogen-bond donors (Lipinski definition) is 0. The molecule has 0 aliphatic carbocycles. The molecule has 0 aliphatic rings. The van der Waals surface area contributed by atoms with E-state index in [-0.39, 0.29) is 0 Å². The Labute approximate surface area is 131 Å². The number of rotatable bonds is 3. The molecule has 0 spiro atoms. The van der Waals surface area contributed by atoms with Crippen LogP contribution in [0.15, 0.2) is 82.2 Å². The van der Waals surface area contributed by atoms with Gasteiger partial charge in [0.15, 0.2) is 0 Å². The smallest absolute Gasteiger partial charge is 0.138 e. The molecule has 102 valence electrons. The van der Waals surface area contributed by atoms with Gasteiger partial charge in [-0.15, -0.1) is 11.3 Å². The van der Waals surface area contributed by atoms with E-state index < -0.39 is 0 Å². The summed E-state index contributed by atoms with van der Waals surface area (Å²) in [5, 5.41) is 3.26. The van der Waals surface area contributed by atoms with Crippen LogP contribution in [0.1, 0.15) is 0 Å². The van der Waals surface area contributed by atoms with Gasteiger partial charge in [-0.3, -0.25) is 4.40 Å². The van der Waals surface area contributed by atoms with Crippen LogP contribution in [0.2, 0.25) is 0 Å². The Hall–Kier alpha value is -2.04. The highest BCUT2D eigenvalue weighted by molar-refractivity contribution is 7.99. The Balaban J connectivity index is 1.91. The first-order valence-electron chi connectivity index (χ1n) is 6.66. The van der Waals surface area contributed by atoms with E-state index in [1.54, 1.807) is 23.1 Å². The number of thiophene rings is 1. The maximum atomic E-state index is 4.80. The van der Waals surface area contributed by atoms with Crippen molar-refractivity contribution in [3.05, 3.63) is 72.2 Å². The van der Waals surface area contributed by atoms with Crippen LogP contribution in [0.25, 0.3) is 16.2 Å². The molecular weight excluding hydrogens is 296 g/mol. The first kappa shape index (κ1) is 12.7. The second-order valence-electron chi connectivity index (χ2n) is 4.59. The molecule has 0 N–H and O–H groups in total. The summed E-state index contributed by atoms with van der Waals surface area (Å²) in [6.45, 7) is 0. The average Bonchev–Trinajstić information content (AvgIpc) is 3.16. The summed E-state index contributed by atoms with van der Waals surface area (Å²) < 4.78 is 2.16. The van der Waals surface area contributed by atoms with Gasteiger partial charge in [0, 0.05) is 11.1 Å². The SMILES string of the molecule is c1ccc(Sc2c(-c3cccs3)nc3ccccn23)cc1. The Morgan fingerprint density at radius 1 is 0.905 bits per heavy atom. The highest BCUT2D eigenvalue weighted by Gasteiger charge is 2.15. The first-order chi connectivity index (χ1) is 10.4. The Bertz CT molecular complexity index is 864. The van der Waals surface area contributed by atoms with Crippen molar-refractivity contribution < 1.29 is 0 Å². The molecule has 1 aromatic carbocycles. The predicted molar refractivity (Wildman–Crippen MR) is 89.1 cm³/mol. The second kappa shape index (κ2) is 5.39. The molecule has 3 aromatic heterocycles. The third kappa shape index (κ3) is 2.37. The highest BCUT2D eigenvalue weighted by atomic mass is 32.2. The van der Waals surface area contributed by atoms with Gasteiger partial charge in [-0.05, 0) is 35.7 Å². The second-order valence-corrected chi connectivity index (χ2v) is 6.60. The number of benzene rings is 1. The minimum absolute atomic E-state index is 0.985. The van der Waals surface area contributed by atoms with Crippen LogP contribution in [0.5, 0.6) is 0 Å². The van der Waals surface area contributed by atoms with Crippen molar-refractivity contribution >= 4 is 28.7 Å². The van der Waals surface area contributed by atoms with Gasteiger partial charge in [-0.1, -0.05) is 42.1 Å². The minimum atomic E-state index is 0.985. The zero-order valence-corrected chi connectivity index (χ0v) is 12.8. The lowest BCUT2D eigenvalue weighted by atomic mass is 10.4. The summed E-state index contributed by atoms with van der Waals surface area (Å²) >= 11 is 3.48. The Morgan fingerprint density at radius 3 is 2.57 bits per heavy atom. The van der Waals surface area contributed by atoms with Gasteiger partial charge < -0.3 is 0 Å². The van der Waals surface area contributed by atoms with Crippen molar-refractivity contribution in [2.75, 3.05) is 0 Å². The van der Waals surface area contributed by atoms with Crippen molar-refractivity contribution in [2.45, 2.75) is 9.92 Å². The van der Waals surface area contributed by atoms with Crippen LogP contribution in [0.3, 0.4) is 0 Å². The normalized spacial score (nSPS) is 11.0. The van der Waals surface area contributed by atoms with E-state index in [9.17, 15) is 0 Å². The maximum Gasteiger partial charge on any atom is 0.138 e. The zero-order chi connectivity index (χ0) is 14.1. The molecule has 3 heterocycles. The molecule has 0 aliphatic heterocycles. The van der Waals surface area contributed by atoms with Crippen molar-refractivity contribution in [3.63, 3.8) is 0 Å². The standard InChI is InChI=1S/C17H12N2S2/c1-2-7-13(8-3-1)21-17-16(14-9-6-12-20-14)18-15-10-4-5-11-19(15)17/h1-12H. The molecule has 0 amide bonds. The fraction of sp³-hybridized carbons (Fsp3) is 0. The van der Waals surface area contributed by atoms with E-state index in [1.165, 1.54) is 14.8 Å². The average molecular weight is 308 g/mol. The van der Waals surface area contributed by atoms with E-state index in [4.69, 9.17) is 4.98 Å². The largest absolute Gasteiger partial charge is 0.294 e. The summed E-state index contributed by atoms with van der Waals surface area (Å²) in [7, 11) is 0. The third-order valence-electron chi connectivity index (χ3n) is 3.20. The molecule has 0 bridgehead atoms. The van der Waals surface area contributed by atoms with E-state index in [2.05, 4.69) is 52.4 Å². The molecule has 0 fully saturated rings. The molecule has 4 heteroatoms. The van der Waals surface area contributed by atoms with Crippen LogP contribution in [-0.4, -0.2) is 9.38 Å². The number of fused-ring (bicyclic) bond motifs is 1. The number of aromatic nitrogens is 2.